The molecule has 1 aromatic heterocycles. The van der Waals surface area contributed by atoms with Crippen molar-refractivity contribution in [2.45, 2.75) is 38.8 Å². The summed E-state index contributed by atoms with van der Waals surface area (Å²) < 4.78 is 10.3. The summed E-state index contributed by atoms with van der Waals surface area (Å²) in [4.78, 5) is 29.4. The van der Waals surface area contributed by atoms with Crippen molar-refractivity contribution in [3.05, 3.63) is 23.4 Å². The molecule has 0 fully saturated rings. The smallest absolute Gasteiger partial charge is 0.411 e. The highest BCUT2D eigenvalue weighted by Crippen LogP contribution is 2.31. The van der Waals surface area contributed by atoms with Gasteiger partial charge in [-0.25, -0.2) is 14.6 Å². The number of carbonyl (C=O) groups is 2. The SMILES string of the molecule is COc1ccc2c(n1)CCN(C(=O)OC(C)(C)C)[C@H]2C(=O)O. The molecular weight excluding hydrogens is 288 g/mol. The van der Waals surface area contributed by atoms with E-state index in [0.717, 1.165) is 0 Å². The quantitative estimate of drug-likeness (QED) is 0.899. The molecule has 2 heterocycles. The Hall–Kier alpha value is -2.31. The van der Waals surface area contributed by atoms with Gasteiger partial charge in [-0.05, 0) is 26.8 Å². The topological polar surface area (TPSA) is 89.0 Å². The van der Waals surface area contributed by atoms with Gasteiger partial charge in [0.05, 0.1) is 12.8 Å². The van der Waals surface area contributed by atoms with Crippen LogP contribution in [0.15, 0.2) is 12.1 Å². The molecule has 7 nitrogen and oxygen atoms in total. The number of aromatic nitrogens is 1. The fraction of sp³-hybridized carbons (Fsp3) is 0.533. The average molecular weight is 308 g/mol. The zero-order valence-corrected chi connectivity index (χ0v) is 13.1. The van der Waals surface area contributed by atoms with E-state index in [4.69, 9.17) is 9.47 Å². The first-order valence-corrected chi connectivity index (χ1v) is 6.99. The molecule has 1 atom stereocenters. The largest absolute Gasteiger partial charge is 0.481 e. The van der Waals surface area contributed by atoms with Crippen molar-refractivity contribution in [1.29, 1.82) is 0 Å². The lowest BCUT2D eigenvalue weighted by molar-refractivity contribution is -0.143. The highest BCUT2D eigenvalue weighted by atomic mass is 16.6. The lowest BCUT2D eigenvalue weighted by atomic mass is 9.97. The Morgan fingerprint density at radius 2 is 2.05 bits per heavy atom. The summed E-state index contributed by atoms with van der Waals surface area (Å²) in [6.07, 6.45) is -0.184. The van der Waals surface area contributed by atoms with Crippen LogP contribution in [-0.2, 0) is 16.0 Å². The van der Waals surface area contributed by atoms with Gasteiger partial charge in [-0.15, -0.1) is 0 Å². The van der Waals surface area contributed by atoms with E-state index in [1.807, 2.05) is 0 Å². The summed E-state index contributed by atoms with van der Waals surface area (Å²) in [6, 6.07) is 2.13. The number of methoxy groups -OCH3 is 1. The Balaban J connectivity index is 2.34. The second-order valence-corrected chi connectivity index (χ2v) is 6.05. The van der Waals surface area contributed by atoms with E-state index in [1.165, 1.54) is 12.0 Å². The van der Waals surface area contributed by atoms with Crippen LogP contribution in [0.2, 0.25) is 0 Å². The van der Waals surface area contributed by atoms with Gasteiger partial charge >= 0.3 is 12.1 Å². The number of ether oxygens (including phenoxy) is 2. The number of carbonyl (C=O) groups excluding carboxylic acids is 1. The predicted molar refractivity (Wildman–Crippen MR) is 77.8 cm³/mol. The molecule has 1 N–H and O–H groups in total. The maximum absolute atomic E-state index is 12.3. The summed E-state index contributed by atoms with van der Waals surface area (Å²) in [5.74, 6) is -0.688. The summed E-state index contributed by atoms with van der Waals surface area (Å²) in [7, 11) is 1.50. The molecule has 2 rings (SSSR count). The molecule has 7 heteroatoms. The number of carboxylic acid groups (broad SMARTS) is 1. The van der Waals surface area contributed by atoms with Gasteiger partial charge in [0.15, 0.2) is 6.04 Å². The number of carboxylic acids is 1. The number of amides is 1. The Kier molecular flexibility index (Phi) is 4.25. The van der Waals surface area contributed by atoms with Crippen molar-refractivity contribution in [1.82, 2.24) is 9.88 Å². The molecule has 120 valence electrons. The minimum Gasteiger partial charge on any atom is -0.481 e. The van der Waals surface area contributed by atoms with Crippen LogP contribution in [0.3, 0.4) is 0 Å². The number of nitrogens with zero attached hydrogens (tertiary/aromatic N) is 2. The molecule has 22 heavy (non-hydrogen) atoms. The first-order chi connectivity index (χ1) is 10.2. The third kappa shape index (κ3) is 3.29. The molecular formula is C15H20N2O5. The second-order valence-electron chi connectivity index (χ2n) is 6.05. The van der Waals surface area contributed by atoms with Crippen LogP contribution in [0.25, 0.3) is 0 Å². The van der Waals surface area contributed by atoms with Gasteiger partial charge in [0.25, 0.3) is 0 Å². The predicted octanol–water partition coefficient (Wildman–Crippen LogP) is 2.01. The molecule has 0 saturated carbocycles. The molecule has 0 radical (unpaired) electrons. The normalized spacial score (nSPS) is 17.6. The first-order valence-electron chi connectivity index (χ1n) is 6.99. The summed E-state index contributed by atoms with van der Waals surface area (Å²) in [5, 5.41) is 9.52. The molecule has 1 aliphatic rings. The van der Waals surface area contributed by atoms with Crippen LogP contribution in [0.1, 0.15) is 38.1 Å². The number of rotatable bonds is 2. The van der Waals surface area contributed by atoms with E-state index < -0.39 is 23.7 Å². The van der Waals surface area contributed by atoms with Crippen LogP contribution in [0.5, 0.6) is 5.88 Å². The number of hydrogen-bond acceptors (Lipinski definition) is 5. The van der Waals surface area contributed by atoms with E-state index in [-0.39, 0.29) is 6.54 Å². The highest BCUT2D eigenvalue weighted by molar-refractivity contribution is 5.82. The van der Waals surface area contributed by atoms with Crippen LogP contribution >= 0.6 is 0 Å². The number of fused-ring (bicyclic) bond motifs is 1. The summed E-state index contributed by atoms with van der Waals surface area (Å²) in [6.45, 7) is 5.46. The van der Waals surface area contributed by atoms with Gasteiger partial charge < -0.3 is 14.6 Å². The molecule has 1 aliphatic heterocycles. The van der Waals surface area contributed by atoms with E-state index in [0.29, 0.717) is 23.6 Å². The number of aliphatic carboxylic acids is 1. The van der Waals surface area contributed by atoms with Crippen LogP contribution in [0.4, 0.5) is 4.79 Å². The third-order valence-corrected chi connectivity index (χ3v) is 3.25. The molecule has 0 unspecified atom stereocenters. The Labute approximate surface area is 128 Å². The average Bonchev–Trinajstić information content (AvgIpc) is 2.43. The zero-order chi connectivity index (χ0) is 16.5. The maximum atomic E-state index is 12.3. The highest BCUT2D eigenvalue weighted by Gasteiger charge is 2.38. The lowest BCUT2D eigenvalue weighted by Gasteiger charge is -2.35. The van der Waals surface area contributed by atoms with Crippen molar-refractivity contribution in [2.24, 2.45) is 0 Å². The molecule has 1 aromatic rings. The van der Waals surface area contributed by atoms with Crippen molar-refractivity contribution in [3.63, 3.8) is 0 Å². The molecule has 0 bridgehead atoms. The van der Waals surface area contributed by atoms with Gasteiger partial charge in [-0.1, -0.05) is 0 Å². The minimum absolute atomic E-state index is 0.235. The number of pyridine rings is 1. The minimum atomic E-state index is -1.11. The van der Waals surface area contributed by atoms with Gasteiger partial charge in [0, 0.05) is 24.6 Å². The van der Waals surface area contributed by atoms with Gasteiger partial charge in [0.2, 0.25) is 5.88 Å². The molecule has 1 amide bonds. The Bertz CT molecular complexity index is 594. The van der Waals surface area contributed by atoms with Crippen molar-refractivity contribution >= 4 is 12.1 Å². The first kappa shape index (κ1) is 16.1. The van der Waals surface area contributed by atoms with Crippen LogP contribution in [0, 0.1) is 0 Å². The Morgan fingerprint density at radius 1 is 1.36 bits per heavy atom. The van der Waals surface area contributed by atoms with E-state index in [2.05, 4.69) is 4.98 Å². The van der Waals surface area contributed by atoms with Crippen molar-refractivity contribution in [2.75, 3.05) is 13.7 Å². The summed E-state index contributed by atoms with van der Waals surface area (Å²) in [5.41, 5.74) is 0.440. The second kappa shape index (κ2) is 5.82. The maximum Gasteiger partial charge on any atom is 0.411 e. The van der Waals surface area contributed by atoms with Crippen molar-refractivity contribution in [3.8, 4) is 5.88 Å². The lowest BCUT2D eigenvalue weighted by Crippen LogP contribution is -2.46. The van der Waals surface area contributed by atoms with Crippen LogP contribution in [-0.4, -0.2) is 46.3 Å². The number of hydrogen-bond donors (Lipinski definition) is 1. The van der Waals surface area contributed by atoms with Gasteiger partial charge in [-0.2, -0.15) is 0 Å². The fourth-order valence-electron chi connectivity index (χ4n) is 2.36. The van der Waals surface area contributed by atoms with E-state index >= 15 is 0 Å². The molecule has 0 aliphatic carbocycles. The monoisotopic (exact) mass is 308 g/mol. The molecule has 0 saturated heterocycles. The Morgan fingerprint density at radius 3 is 2.59 bits per heavy atom. The fourth-order valence-corrected chi connectivity index (χ4v) is 2.36. The van der Waals surface area contributed by atoms with Crippen molar-refractivity contribution < 1.29 is 24.2 Å². The third-order valence-electron chi connectivity index (χ3n) is 3.25. The molecule has 0 spiro atoms. The summed E-state index contributed by atoms with van der Waals surface area (Å²) >= 11 is 0. The zero-order valence-electron chi connectivity index (χ0n) is 13.1. The van der Waals surface area contributed by atoms with E-state index in [9.17, 15) is 14.7 Å². The van der Waals surface area contributed by atoms with E-state index in [1.54, 1.807) is 32.9 Å². The standard InChI is InChI=1S/C15H20N2O5/c1-15(2,3)22-14(20)17-8-7-10-9(12(17)13(18)19)5-6-11(16-10)21-4/h5-6,12H,7-8H2,1-4H3,(H,18,19)/t12-/m1/s1. The molecule has 0 aromatic carbocycles. The van der Waals surface area contributed by atoms with Gasteiger partial charge in [-0.3, -0.25) is 4.90 Å². The van der Waals surface area contributed by atoms with Gasteiger partial charge in [0.1, 0.15) is 5.60 Å². The van der Waals surface area contributed by atoms with Crippen LogP contribution < -0.4 is 4.74 Å².